The monoisotopic (exact) mass is 364 g/mol. The molecule has 0 aliphatic rings. The maximum absolute atomic E-state index is 14.5. The SMILES string of the molecule is COCCOc1cc(F)c2c(Nc3ccc(N)cc3)ncnc2c1.Cl. The van der Waals surface area contributed by atoms with E-state index in [1.165, 1.54) is 12.4 Å². The number of methoxy groups -OCH3 is 1. The summed E-state index contributed by atoms with van der Waals surface area (Å²) >= 11 is 0. The number of benzene rings is 2. The third kappa shape index (κ3) is 4.46. The van der Waals surface area contributed by atoms with E-state index in [0.717, 1.165) is 5.69 Å². The number of rotatable bonds is 6. The van der Waals surface area contributed by atoms with E-state index in [1.54, 1.807) is 37.4 Å². The minimum absolute atomic E-state index is 0. The van der Waals surface area contributed by atoms with Gasteiger partial charge >= 0.3 is 0 Å². The van der Waals surface area contributed by atoms with Gasteiger partial charge in [0.15, 0.2) is 0 Å². The van der Waals surface area contributed by atoms with E-state index >= 15 is 0 Å². The molecule has 0 saturated carbocycles. The van der Waals surface area contributed by atoms with Crippen LogP contribution in [0.4, 0.5) is 21.6 Å². The van der Waals surface area contributed by atoms with Crippen LogP contribution in [0, 0.1) is 5.82 Å². The highest BCUT2D eigenvalue weighted by molar-refractivity contribution is 5.92. The second-order valence-electron chi connectivity index (χ2n) is 5.11. The van der Waals surface area contributed by atoms with Crippen LogP contribution in [0.5, 0.6) is 5.75 Å². The molecule has 0 aliphatic heterocycles. The predicted octanol–water partition coefficient (Wildman–Crippen LogP) is 3.54. The van der Waals surface area contributed by atoms with Gasteiger partial charge in [0.05, 0.1) is 17.5 Å². The maximum atomic E-state index is 14.5. The second kappa shape index (κ2) is 8.46. The minimum Gasteiger partial charge on any atom is -0.491 e. The van der Waals surface area contributed by atoms with Crippen molar-refractivity contribution >= 4 is 40.5 Å². The fourth-order valence-corrected chi connectivity index (χ4v) is 2.24. The Hall–Kier alpha value is -2.64. The van der Waals surface area contributed by atoms with Gasteiger partial charge in [-0.2, -0.15) is 0 Å². The molecule has 3 aromatic rings. The molecule has 0 saturated heterocycles. The van der Waals surface area contributed by atoms with E-state index in [0.29, 0.717) is 41.4 Å². The van der Waals surface area contributed by atoms with Gasteiger partial charge in [-0.15, -0.1) is 12.4 Å². The largest absolute Gasteiger partial charge is 0.491 e. The number of nitrogen functional groups attached to an aromatic ring is 1. The van der Waals surface area contributed by atoms with Gasteiger partial charge < -0.3 is 20.5 Å². The Bertz CT molecular complexity index is 846. The van der Waals surface area contributed by atoms with Crippen LogP contribution in [0.15, 0.2) is 42.7 Å². The molecule has 0 fully saturated rings. The van der Waals surface area contributed by atoms with Crippen molar-refractivity contribution in [1.29, 1.82) is 0 Å². The van der Waals surface area contributed by atoms with Gasteiger partial charge in [0.25, 0.3) is 0 Å². The molecule has 1 aromatic heterocycles. The van der Waals surface area contributed by atoms with Crippen LogP contribution in [0.1, 0.15) is 0 Å². The lowest BCUT2D eigenvalue weighted by Crippen LogP contribution is -2.05. The highest BCUT2D eigenvalue weighted by Crippen LogP contribution is 2.29. The summed E-state index contributed by atoms with van der Waals surface area (Å²) in [4.78, 5) is 8.26. The summed E-state index contributed by atoms with van der Waals surface area (Å²) in [6.45, 7) is 0.760. The van der Waals surface area contributed by atoms with Crippen molar-refractivity contribution in [2.24, 2.45) is 0 Å². The standard InChI is InChI=1S/C17H17FN4O2.ClH/c1-23-6-7-24-13-8-14(18)16-15(9-13)20-10-21-17(16)22-12-4-2-11(19)3-5-12;/h2-5,8-10H,6-7,19H2,1H3,(H,20,21,22);1H. The Morgan fingerprint density at radius 1 is 1.12 bits per heavy atom. The van der Waals surface area contributed by atoms with Crippen molar-refractivity contribution in [2.45, 2.75) is 0 Å². The zero-order valence-electron chi connectivity index (χ0n) is 13.5. The number of nitrogens with two attached hydrogens (primary N) is 1. The van der Waals surface area contributed by atoms with E-state index in [2.05, 4.69) is 15.3 Å². The van der Waals surface area contributed by atoms with Gasteiger partial charge in [0.2, 0.25) is 0 Å². The molecule has 132 valence electrons. The van der Waals surface area contributed by atoms with Crippen LogP contribution < -0.4 is 15.8 Å². The molecule has 8 heteroatoms. The molecule has 0 amide bonds. The smallest absolute Gasteiger partial charge is 0.144 e. The zero-order chi connectivity index (χ0) is 16.9. The van der Waals surface area contributed by atoms with E-state index in [1.807, 2.05) is 0 Å². The summed E-state index contributed by atoms with van der Waals surface area (Å²) in [6, 6.07) is 10.1. The lowest BCUT2D eigenvalue weighted by molar-refractivity contribution is 0.146. The Morgan fingerprint density at radius 2 is 1.88 bits per heavy atom. The highest BCUT2D eigenvalue weighted by Gasteiger charge is 2.12. The third-order valence-corrected chi connectivity index (χ3v) is 3.39. The van der Waals surface area contributed by atoms with Crippen LogP contribution >= 0.6 is 12.4 Å². The Kier molecular flexibility index (Phi) is 6.32. The molecule has 0 radical (unpaired) electrons. The van der Waals surface area contributed by atoms with Crippen molar-refractivity contribution in [3.8, 4) is 5.75 Å². The van der Waals surface area contributed by atoms with Gasteiger partial charge in [0.1, 0.15) is 30.3 Å². The second-order valence-corrected chi connectivity index (χ2v) is 5.11. The van der Waals surface area contributed by atoms with E-state index in [4.69, 9.17) is 15.2 Å². The Morgan fingerprint density at radius 3 is 2.60 bits per heavy atom. The molecule has 3 rings (SSSR count). The van der Waals surface area contributed by atoms with Crippen LogP contribution in [-0.2, 0) is 4.74 Å². The topological polar surface area (TPSA) is 82.3 Å². The summed E-state index contributed by atoms with van der Waals surface area (Å²) in [5.41, 5.74) is 7.52. The normalized spacial score (nSPS) is 10.3. The predicted molar refractivity (Wildman–Crippen MR) is 98.3 cm³/mol. The van der Waals surface area contributed by atoms with Crippen molar-refractivity contribution in [2.75, 3.05) is 31.4 Å². The van der Waals surface area contributed by atoms with Crippen LogP contribution in [0.3, 0.4) is 0 Å². The molecule has 0 spiro atoms. The fraction of sp³-hybridized carbons (Fsp3) is 0.176. The van der Waals surface area contributed by atoms with Crippen LogP contribution in [0.25, 0.3) is 10.9 Å². The van der Waals surface area contributed by atoms with E-state index in [-0.39, 0.29) is 12.4 Å². The first-order chi connectivity index (χ1) is 11.7. The number of aromatic nitrogens is 2. The number of fused-ring (bicyclic) bond motifs is 1. The Balaban J connectivity index is 0.00000225. The number of nitrogens with zero attached hydrogens (tertiary/aromatic N) is 2. The number of halogens is 2. The van der Waals surface area contributed by atoms with Gasteiger partial charge in [-0.1, -0.05) is 0 Å². The molecular weight excluding hydrogens is 347 g/mol. The highest BCUT2D eigenvalue weighted by atomic mass is 35.5. The van der Waals surface area contributed by atoms with E-state index in [9.17, 15) is 4.39 Å². The number of anilines is 3. The molecule has 0 atom stereocenters. The first-order valence-electron chi connectivity index (χ1n) is 7.36. The van der Waals surface area contributed by atoms with Crippen molar-refractivity contribution < 1.29 is 13.9 Å². The Labute approximate surface area is 150 Å². The third-order valence-electron chi connectivity index (χ3n) is 3.39. The number of ether oxygens (including phenoxy) is 2. The number of nitrogens with one attached hydrogen (secondary N) is 1. The molecule has 6 nitrogen and oxygen atoms in total. The van der Waals surface area contributed by atoms with E-state index < -0.39 is 5.82 Å². The molecule has 0 bridgehead atoms. The summed E-state index contributed by atoms with van der Waals surface area (Å²) < 4.78 is 24.9. The van der Waals surface area contributed by atoms with Gasteiger partial charge in [-0.3, -0.25) is 0 Å². The summed E-state index contributed by atoms with van der Waals surface area (Å²) in [7, 11) is 1.58. The summed E-state index contributed by atoms with van der Waals surface area (Å²) in [6.07, 6.45) is 1.38. The van der Waals surface area contributed by atoms with Gasteiger partial charge in [-0.05, 0) is 24.3 Å². The average Bonchev–Trinajstić information content (AvgIpc) is 2.57. The van der Waals surface area contributed by atoms with Crippen LogP contribution in [0.2, 0.25) is 0 Å². The summed E-state index contributed by atoms with van der Waals surface area (Å²) in [5.74, 6) is 0.318. The van der Waals surface area contributed by atoms with Crippen molar-refractivity contribution in [1.82, 2.24) is 9.97 Å². The molecule has 1 heterocycles. The molecule has 0 unspecified atom stereocenters. The first kappa shape index (κ1) is 18.7. The molecule has 25 heavy (non-hydrogen) atoms. The maximum Gasteiger partial charge on any atom is 0.144 e. The zero-order valence-corrected chi connectivity index (χ0v) is 14.3. The van der Waals surface area contributed by atoms with Gasteiger partial charge in [-0.25, -0.2) is 14.4 Å². The first-order valence-corrected chi connectivity index (χ1v) is 7.36. The fourth-order valence-electron chi connectivity index (χ4n) is 2.24. The van der Waals surface area contributed by atoms with Crippen molar-refractivity contribution in [3.63, 3.8) is 0 Å². The molecule has 0 aliphatic carbocycles. The lowest BCUT2D eigenvalue weighted by atomic mass is 10.2. The molecule has 2 aromatic carbocycles. The number of hydrogen-bond donors (Lipinski definition) is 2. The molecular formula is C17H18ClFN4O2. The quantitative estimate of drug-likeness (QED) is 0.514. The molecule has 3 N–H and O–H groups in total. The lowest BCUT2D eigenvalue weighted by Gasteiger charge is -2.11. The van der Waals surface area contributed by atoms with Gasteiger partial charge in [0, 0.05) is 30.6 Å². The summed E-state index contributed by atoms with van der Waals surface area (Å²) in [5, 5.41) is 3.38. The van der Waals surface area contributed by atoms with Crippen LogP contribution in [-0.4, -0.2) is 30.3 Å². The number of hydrogen-bond acceptors (Lipinski definition) is 6. The van der Waals surface area contributed by atoms with Crippen molar-refractivity contribution in [3.05, 3.63) is 48.5 Å². The minimum atomic E-state index is -0.460. The average molecular weight is 365 g/mol.